The van der Waals surface area contributed by atoms with Gasteiger partial charge in [-0.25, -0.2) is 5.43 Å². The van der Waals surface area contributed by atoms with Gasteiger partial charge in [0.25, 0.3) is 5.91 Å². The van der Waals surface area contributed by atoms with Crippen molar-refractivity contribution in [2.75, 3.05) is 0 Å². The summed E-state index contributed by atoms with van der Waals surface area (Å²) in [5.41, 5.74) is 6.95. The number of carbonyl (C=O) groups is 1. The van der Waals surface area contributed by atoms with Crippen LogP contribution in [-0.2, 0) is 12.8 Å². The van der Waals surface area contributed by atoms with Crippen molar-refractivity contribution in [3.05, 3.63) is 52.9 Å². The molecule has 0 aliphatic heterocycles. The number of benzene rings is 1. The zero-order chi connectivity index (χ0) is 19.2. The average Bonchev–Trinajstić information content (AvgIpc) is 3.09. The van der Waals surface area contributed by atoms with Gasteiger partial charge in [0, 0.05) is 11.3 Å². The number of amides is 1. The third kappa shape index (κ3) is 4.84. The van der Waals surface area contributed by atoms with Crippen molar-refractivity contribution in [3.63, 3.8) is 0 Å². The molecule has 0 spiro atoms. The van der Waals surface area contributed by atoms with Gasteiger partial charge in [-0.2, -0.15) is 10.2 Å². The molecule has 6 nitrogen and oxygen atoms in total. The molecule has 6 heteroatoms. The summed E-state index contributed by atoms with van der Waals surface area (Å²) in [6, 6.07) is 6.95. The summed E-state index contributed by atoms with van der Waals surface area (Å²) in [6.45, 7) is 4.29. The van der Waals surface area contributed by atoms with Crippen LogP contribution in [0.4, 0.5) is 0 Å². The predicted octanol–water partition coefficient (Wildman–Crippen LogP) is 3.84. The minimum atomic E-state index is -0.292. The Morgan fingerprint density at radius 1 is 1.30 bits per heavy atom. The van der Waals surface area contributed by atoms with Gasteiger partial charge in [-0.3, -0.25) is 9.89 Å². The van der Waals surface area contributed by atoms with E-state index in [0.717, 1.165) is 54.5 Å². The average molecular weight is 366 g/mol. The van der Waals surface area contributed by atoms with E-state index >= 15 is 0 Å². The van der Waals surface area contributed by atoms with Crippen molar-refractivity contribution in [2.45, 2.75) is 46.0 Å². The molecular formula is C21H26N4O2. The molecule has 1 aromatic heterocycles. The van der Waals surface area contributed by atoms with Gasteiger partial charge in [-0.1, -0.05) is 32.1 Å². The number of phenols is 1. The number of nitrogens with zero attached hydrogens (tertiary/aromatic N) is 2. The second-order valence-corrected chi connectivity index (χ2v) is 7.27. The van der Waals surface area contributed by atoms with Crippen LogP contribution >= 0.6 is 0 Å². The summed E-state index contributed by atoms with van der Waals surface area (Å²) in [7, 11) is 0. The zero-order valence-electron chi connectivity index (χ0n) is 15.8. The Morgan fingerprint density at radius 3 is 2.78 bits per heavy atom. The van der Waals surface area contributed by atoms with Crippen LogP contribution in [0, 0.1) is 5.92 Å². The highest BCUT2D eigenvalue weighted by molar-refractivity contribution is 6.10. The lowest BCUT2D eigenvalue weighted by Crippen LogP contribution is -2.20. The number of aryl methyl sites for hydroxylation is 1. The number of aromatic hydroxyl groups is 1. The SMILES string of the molecule is CC(C)C/C=C(/C=N/NC(=O)c1n[nH]c2c1CCCC2)c1ccc(O)cc1. The molecule has 1 aromatic carbocycles. The lowest BCUT2D eigenvalue weighted by Gasteiger charge is -2.10. The van der Waals surface area contributed by atoms with E-state index in [9.17, 15) is 9.90 Å². The van der Waals surface area contributed by atoms with Gasteiger partial charge in [-0.05, 0) is 61.3 Å². The van der Waals surface area contributed by atoms with E-state index < -0.39 is 0 Å². The van der Waals surface area contributed by atoms with Gasteiger partial charge in [0.1, 0.15) is 5.75 Å². The van der Waals surface area contributed by atoms with Gasteiger partial charge in [0.05, 0.1) is 6.21 Å². The van der Waals surface area contributed by atoms with Crippen LogP contribution < -0.4 is 5.43 Å². The Morgan fingerprint density at radius 2 is 2.04 bits per heavy atom. The second kappa shape index (κ2) is 8.66. The maximum Gasteiger partial charge on any atom is 0.292 e. The van der Waals surface area contributed by atoms with E-state index in [1.54, 1.807) is 18.3 Å². The fraction of sp³-hybridized carbons (Fsp3) is 0.381. The van der Waals surface area contributed by atoms with E-state index in [4.69, 9.17) is 0 Å². The molecule has 27 heavy (non-hydrogen) atoms. The molecule has 3 N–H and O–H groups in total. The van der Waals surface area contributed by atoms with Gasteiger partial charge in [-0.15, -0.1) is 0 Å². The Kier molecular flexibility index (Phi) is 6.06. The van der Waals surface area contributed by atoms with Crippen LogP contribution in [0.15, 0.2) is 35.4 Å². The molecule has 3 rings (SSSR count). The standard InChI is InChI=1S/C21H26N4O2/c1-14(2)7-8-16(15-9-11-17(26)12-10-15)13-22-25-21(27)20-18-5-3-4-6-19(18)23-24-20/h8-14,26H,3-7H2,1-2H3,(H,23,24)(H,25,27)/b16-8-,22-13+. The third-order valence-corrected chi connectivity index (χ3v) is 4.65. The highest BCUT2D eigenvalue weighted by Gasteiger charge is 2.21. The van der Waals surface area contributed by atoms with Gasteiger partial charge >= 0.3 is 0 Å². The van der Waals surface area contributed by atoms with E-state index in [0.29, 0.717) is 11.6 Å². The first kappa shape index (κ1) is 18.9. The summed E-state index contributed by atoms with van der Waals surface area (Å²) >= 11 is 0. The number of hydrogen-bond acceptors (Lipinski definition) is 4. The predicted molar refractivity (Wildman–Crippen MR) is 107 cm³/mol. The number of hydrogen-bond donors (Lipinski definition) is 3. The maximum absolute atomic E-state index is 12.4. The minimum absolute atomic E-state index is 0.218. The topological polar surface area (TPSA) is 90.4 Å². The molecule has 0 bridgehead atoms. The first-order valence-electron chi connectivity index (χ1n) is 9.43. The molecule has 1 aliphatic rings. The number of allylic oxidation sites excluding steroid dienone is 2. The summed E-state index contributed by atoms with van der Waals surface area (Å²) in [5.74, 6) is 0.436. The molecular weight excluding hydrogens is 340 g/mol. The minimum Gasteiger partial charge on any atom is -0.508 e. The maximum atomic E-state index is 12.4. The number of aromatic amines is 1. The van der Waals surface area contributed by atoms with Crippen LogP contribution in [0.3, 0.4) is 0 Å². The van der Waals surface area contributed by atoms with Gasteiger partial charge < -0.3 is 5.11 Å². The first-order chi connectivity index (χ1) is 13.0. The molecule has 0 fully saturated rings. The van der Waals surface area contributed by atoms with Crippen LogP contribution in [-0.4, -0.2) is 27.4 Å². The Balaban J connectivity index is 1.72. The molecule has 0 atom stereocenters. The largest absolute Gasteiger partial charge is 0.508 e. The molecule has 0 unspecified atom stereocenters. The Hall–Kier alpha value is -2.89. The van der Waals surface area contributed by atoms with Gasteiger partial charge in [0.2, 0.25) is 0 Å². The first-order valence-corrected chi connectivity index (χ1v) is 9.43. The number of aromatic nitrogens is 2. The van der Waals surface area contributed by atoms with E-state index in [1.807, 2.05) is 12.1 Å². The van der Waals surface area contributed by atoms with Crippen molar-refractivity contribution in [1.82, 2.24) is 15.6 Å². The van der Waals surface area contributed by atoms with E-state index in [2.05, 4.69) is 40.6 Å². The smallest absolute Gasteiger partial charge is 0.292 e. The van der Waals surface area contributed by atoms with Crippen LogP contribution in [0.1, 0.15) is 60.4 Å². The Bertz CT molecular complexity index is 848. The molecule has 0 saturated carbocycles. The molecule has 0 saturated heterocycles. The number of hydrazone groups is 1. The molecule has 0 radical (unpaired) electrons. The normalized spacial score (nSPS) is 14.6. The van der Waals surface area contributed by atoms with Crippen LogP contribution in [0.5, 0.6) is 5.75 Å². The van der Waals surface area contributed by atoms with E-state index in [-0.39, 0.29) is 11.7 Å². The van der Waals surface area contributed by atoms with Crippen molar-refractivity contribution in [1.29, 1.82) is 0 Å². The van der Waals surface area contributed by atoms with Crippen LogP contribution in [0.25, 0.3) is 5.57 Å². The monoisotopic (exact) mass is 366 g/mol. The quantitative estimate of drug-likeness (QED) is 0.536. The molecule has 1 aliphatic carbocycles. The fourth-order valence-electron chi connectivity index (χ4n) is 3.14. The molecule has 1 amide bonds. The molecule has 2 aromatic rings. The number of H-pyrrole nitrogens is 1. The summed E-state index contributed by atoms with van der Waals surface area (Å²) in [6.07, 6.45) is 8.66. The highest BCUT2D eigenvalue weighted by atomic mass is 16.3. The molecule has 142 valence electrons. The lowest BCUT2D eigenvalue weighted by molar-refractivity contribution is 0.0949. The number of fused-ring (bicyclic) bond motifs is 1. The van der Waals surface area contributed by atoms with Crippen molar-refractivity contribution >= 4 is 17.7 Å². The fourth-order valence-corrected chi connectivity index (χ4v) is 3.14. The Labute approximate surface area is 159 Å². The van der Waals surface area contributed by atoms with Crippen molar-refractivity contribution in [2.24, 2.45) is 11.0 Å². The number of carbonyl (C=O) groups excluding carboxylic acids is 1. The number of nitrogens with one attached hydrogen (secondary N) is 2. The summed E-state index contributed by atoms with van der Waals surface area (Å²) in [4.78, 5) is 12.4. The third-order valence-electron chi connectivity index (χ3n) is 4.65. The lowest BCUT2D eigenvalue weighted by atomic mass is 9.96. The summed E-state index contributed by atoms with van der Waals surface area (Å²) < 4.78 is 0. The zero-order valence-corrected chi connectivity index (χ0v) is 15.8. The van der Waals surface area contributed by atoms with E-state index in [1.165, 1.54) is 0 Å². The summed E-state index contributed by atoms with van der Waals surface area (Å²) in [5, 5.41) is 20.8. The van der Waals surface area contributed by atoms with Crippen molar-refractivity contribution < 1.29 is 9.90 Å². The van der Waals surface area contributed by atoms with Crippen molar-refractivity contribution in [3.8, 4) is 5.75 Å². The highest BCUT2D eigenvalue weighted by Crippen LogP contribution is 2.22. The van der Waals surface area contributed by atoms with Crippen LogP contribution in [0.2, 0.25) is 0 Å². The second-order valence-electron chi connectivity index (χ2n) is 7.27. The van der Waals surface area contributed by atoms with Gasteiger partial charge in [0.15, 0.2) is 5.69 Å². The molecule has 1 heterocycles. The number of phenolic OH excluding ortho intramolecular Hbond substituents is 1. The number of rotatable bonds is 6.